The highest BCUT2D eigenvalue weighted by molar-refractivity contribution is 5.25. The van der Waals surface area contributed by atoms with Gasteiger partial charge in [0, 0.05) is 31.2 Å². The van der Waals surface area contributed by atoms with E-state index in [1.54, 1.807) is 12.1 Å². The van der Waals surface area contributed by atoms with Crippen molar-refractivity contribution in [3.05, 3.63) is 29.8 Å². The summed E-state index contributed by atoms with van der Waals surface area (Å²) in [5, 5.41) is 13.1. The van der Waals surface area contributed by atoms with Crippen molar-refractivity contribution in [2.24, 2.45) is 0 Å². The number of aryl methyl sites for hydroxylation is 1. The van der Waals surface area contributed by atoms with E-state index in [9.17, 15) is 5.11 Å². The van der Waals surface area contributed by atoms with Crippen molar-refractivity contribution in [1.29, 1.82) is 0 Å². The van der Waals surface area contributed by atoms with Crippen molar-refractivity contribution in [3.63, 3.8) is 0 Å². The van der Waals surface area contributed by atoms with Crippen molar-refractivity contribution in [3.8, 4) is 5.75 Å². The largest absolute Gasteiger partial charge is 0.508 e. The lowest BCUT2D eigenvalue weighted by Crippen LogP contribution is -2.39. The molecule has 0 radical (unpaired) electrons. The van der Waals surface area contributed by atoms with Gasteiger partial charge in [-0.1, -0.05) is 12.1 Å². The lowest BCUT2D eigenvalue weighted by atomic mass is 10.1. The maximum atomic E-state index is 9.28. The van der Waals surface area contributed by atoms with Crippen LogP contribution in [0.5, 0.6) is 5.75 Å². The van der Waals surface area contributed by atoms with Crippen LogP contribution in [-0.4, -0.2) is 41.2 Å². The Kier molecular flexibility index (Phi) is 4.27. The third-order valence-corrected chi connectivity index (χ3v) is 4.61. The van der Waals surface area contributed by atoms with E-state index in [0.29, 0.717) is 17.8 Å². The molecule has 110 valence electrons. The quantitative estimate of drug-likeness (QED) is 0.837. The maximum Gasteiger partial charge on any atom is 0.115 e. The highest BCUT2D eigenvalue weighted by atomic mass is 16.3. The number of likely N-dealkylation sites (tertiary alicyclic amines) is 1. The Labute approximate surface area is 122 Å². The molecule has 0 spiro atoms. The van der Waals surface area contributed by atoms with Gasteiger partial charge >= 0.3 is 0 Å². The molecule has 2 unspecified atom stereocenters. The van der Waals surface area contributed by atoms with Crippen LogP contribution in [0.2, 0.25) is 0 Å². The van der Waals surface area contributed by atoms with Gasteiger partial charge in [0.1, 0.15) is 5.75 Å². The first kappa shape index (κ1) is 13.9. The van der Waals surface area contributed by atoms with Gasteiger partial charge in [-0.05, 0) is 56.7 Å². The first-order chi connectivity index (χ1) is 9.70. The monoisotopic (exact) mass is 274 g/mol. The molecule has 0 aromatic heterocycles. The molecule has 1 aliphatic carbocycles. The van der Waals surface area contributed by atoms with E-state index in [4.69, 9.17) is 0 Å². The molecule has 1 aromatic carbocycles. The molecule has 3 nitrogen and oxygen atoms in total. The van der Waals surface area contributed by atoms with E-state index in [2.05, 4.69) is 17.1 Å². The summed E-state index contributed by atoms with van der Waals surface area (Å²) in [5.74, 6) is 0.353. The lowest BCUT2D eigenvalue weighted by Gasteiger charge is -2.20. The van der Waals surface area contributed by atoms with E-state index < -0.39 is 0 Å². The van der Waals surface area contributed by atoms with Gasteiger partial charge in [0.15, 0.2) is 0 Å². The predicted octanol–water partition coefficient (Wildman–Crippen LogP) is 2.54. The molecule has 3 rings (SSSR count). The smallest absolute Gasteiger partial charge is 0.115 e. The molecule has 1 saturated carbocycles. The van der Waals surface area contributed by atoms with Gasteiger partial charge in [0.2, 0.25) is 0 Å². The fourth-order valence-electron chi connectivity index (χ4n) is 3.23. The topological polar surface area (TPSA) is 35.5 Å². The predicted molar refractivity (Wildman–Crippen MR) is 82.0 cm³/mol. The van der Waals surface area contributed by atoms with Gasteiger partial charge in [-0.3, -0.25) is 4.90 Å². The maximum absolute atomic E-state index is 9.28. The number of nitrogens with zero attached hydrogens (tertiary/aromatic N) is 1. The summed E-state index contributed by atoms with van der Waals surface area (Å²) in [7, 11) is 0. The van der Waals surface area contributed by atoms with E-state index in [-0.39, 0.29) is 0 Å². The van der Waals surface area contributed by atoms with Gasteiger partial charge in [0.25, 0.3) is 0 Å². The molecule has 0 amide bonds. The molecule has 2 fully saturated rings. The van der Waals surface area contributed by atoms with Crippen LogP contribution in [0.1, 0.15) is 38.2 Å². The third kappa shape index (κ3) is 3.74. The minimum absolute atomic E-state index is 0.353. The van der Waals surface area contributed by atoms with Crippen molar-refractivity contribution >= 4 is 0 Å². The van der Waals surface area contributed by atoms with Crippen LogP contribution in [0.15, 0.2) is 24.3 Å². The van der Waals surface area contributed by atoms with Crippen molar-refractivity contribution in [2.45, 2.75) is 57.2 Å². The first-order valence-corrected chi connectivity index (χ1v) is 7.99. The molecule has 20 heavy (non-hydrogen) atoms. The van der Waals surface area contributed by atoms with Crippen LogP contribution < -0.4 is 5.32 Å². The zero-order valence-corrected chi connectivity index (χ0v) is 12.4. The second-order valence-electron chi connectivity index (χ2n) is 6.48. The van der Waals surface area contributed by atoms with Gasteiger partial charge < -0.3 is 10.4 Å². The van der Waals surface area contributed by atoms with Crippen molar-refractivity contribution < 1.29 is 5.11 Å². The van der Waals surface area contributed by atoms with Crippen LogP contribution >= 0.6 is 0 Å². The summed E-state index contributed by atoms with van der Waals surface area (Å²) >= 11 is 0. The van der Waals surface area contributed by atoms with Gasteiger partial charge in [-0.15, -0.1) is 0 Å². The lowest BCUT2D eigenvalue weighted by molar-refractivity contribution is 0.312. The molecule has 2 atom stereocenters. The average molecular weight is 274 g/mol. The van der Waals surface area contributed by atoms with Crippen molar-refractivity contribution in [1.82, 2.24) is 10.2 Å². The molecular weight excluding hydrogens is 248 g/mol. The van der Waals surface area contributed by atoms with E-state index in [0.717, 1.165) is 18.9 Å². The number of benzene rings is 1. The number of phenolic OH excluding ortho intramolecular Hbond substituents is 1. The molecular formula is C17H26N2O. The molecule has 2 N–H and O–H groups in total. The molecule has 1 aromatic rings. The minimum atomic E-state index is 0.353. The summed E-state index contributed by atoms with van der Waals surface area (Å²) in [6.45, 7) is 4.82. The fraction of sp³-hybridized carbons (Fsp3) is 0.647. The van der Waals surface area contributed by atoms with Gasteiger partial charge in [-0.2, -0.15) is 0 Å². The zero-order valence-electron chi connectivity index (χ0n) is 12.4. The summed E-state index contributed by atoms with van der Waals surface area (Å²) in [4.78, 5) is 2.66. The van der Waals surface area contributed by atoms with Crippen LogP contribution in [0.25, 0.3) is 0 Å². The van der Waals surface area contributed by atoms with Gasteiger partial charge in [0.05, 0.1) is 0 Å². The second kappa shape index (κ2) is 6.15. The summed E-state index contributed by atoms with van der Waals surface area (Å²) in [5.41, 5.74) is 1.31. The van der Waals surface area contributed by atoms with E-state index in [1.165, 1.54) is 37.9 Å². The Morgan fingerprint density at radius 3 is 2.70 bits per heavy atom. The van der Waals surface area contributed by atoms with Crippen molar-refractivity contribution in [2.75, 3.05) is 13.1 Å². The highest BCUT2D eigenvalue weighted by Crippen LogP contribution is 2.29. The summed E-state index contributed by atoms with van der Waals surface area (Å²) in [6.07, 6.45) is 6.38. The number of hydrogen-bond donors (Lipinski definition) is 2. The Morgan fingerprint density at radius 2 is 2.00 bits per heavy atom. The Morgan fingerprint density at radius 1 is 1.25 bits per heavy atom. The third-order valence-electron chi connectivity index (χ3n) is 4.61. The average Bonchev–Trinajstić information content (AvgIpc) is 3.19. The van der Waals surface area contributed by atoms with Crippen LogP contribution in [-0.2, 0) is 6.42 Å². The summed E-state index contributed by atoms with van der Waals surface area (Å²) < 4.78 is 0. The second-order valence-corrected chi connectivity index (χ2v) is 6.48. The molecule has 1 aliphatic heterocycles. The zero-order chi connectivity index (χ0) is 13.9. The molecule has 1 saturated heterocycles. The highest BCUT2D eigenvalue weighted by Gasteiger charge is 2.34. The molecule has 1 heterocycles. The Hall–Kier alpha value is -1.06. The Balaban J connectivity index is 1.38. The number of nitrogens with one attached hydrogen (secondary N) is 1. The van der Waals surface area contributed by atoms with Crippen LogP contribution in [0.4, 0.5) is 0 Å². The first-order valence-electron chi connectivity index (χ1n) is 7.99. The number of aromatic hydroxyl groups is 1. The normalized spacial score (nSPS) is 24.9. The fourth-order valence-corrected chi connectivity index (χ4v) is 3.23. The summed E-state index contributed by atoms with van der Waals surface area (Å²) in [6, 6.07) is 9.75. The van der Waals surface area contributed by atoms with Crippen LogP contribution in [0, 0.1) is 0 Å². The number of phenols is 1. The minimum Gasteiger partial charge on any atom is -0.508 e. The standard InChI is InChI=1S/C17H26N2O/c1-13(2-3-14-4-8-17(20)9-5-14)18-15-10-11-19(12-15)16-6-7-16/h4-5,8-9,13,15-16,18,20H,2-3,6-7,10-12H2,1H3. The molecule has 3 heteroatoms. The molecule has 0 bridgehead atoms. The SMILES string of the molecule is CC(CCc1ccc(O)cc1)NC1CCN(C2CC2)C1. The van der Waals surface area contributed by atoms with Gasteiger partial charge in [-0.25, -0.2) is 0 Å². The van der Waals surface area contributed by atoms with Crippen LogP contribution in [0.3, 0.4) is 0 Å². The Bertz CT molecular complexity index is 427. The van der Waals surface area contributed by atoms with E-state index in [1.807, 2.05) is 12.1 Å². The number of rotatable bonds is 6. The number of hydrogen-bond acceptors (Lipinski definition) is 3. The van der Waals surface area contributed by atoms with E-state index >= 15 is 0 Å². The molecule has 2 aliphatic rings.